The summed E-state index contributed by atoms with van der Waals surface area (Å²) in [6.07, 6.45) is 3.67. The van der Waals surface area contributed by atoms with E-state index in [4.69, 9.17) is 0 Å². The van der Waals surface area contributed by atoms with Crippen LogP contribution < -0.4 is 0 Å². The van der Waals surface area contributed by atoms with Crippen molar-refractivity contribution in [3.63, 3.8) is 0 Å². The van der Waals surface area contributed by atoms with Crippen molar-refractivity contribution in [2.24, 2.45) is 0 Å². The molecule has 16 heavy (non-hydrogen) atoms. The molecular weight excluding hydrogens is 200 g/mol. The lowest BCUT2D eigenvalue weighted by atomic mass is 10.2. The maximum Gasteiger partial charge on any atom is 0.157 e. The van der Waals surface area contributed by atoms with Crippen molar-refractivity contribution >= 4 is 0 Å². The van der Waals surface area contributed by atoms with Crippen LogP contribution in [-0.2, 0) is 12.8 Å². The zero-order valence-electron chi connectivity index (χ0n) is 9.94. The van der Waals surface area contributed by atoms with Gasteiger partial charge >= 0.3 is 0 Å². The Hall–Kier alpha value is -1.71. The molecule has 2 rings (SSSR count). The van der Waals surface area contributed by atoms with Gasteiger partial charge in [0.25, 0.3) is 0 Å². The molecule has 0 saturated carbocycles. The number of hydrogen-bond donors (Lipinski definition) is 0. The van der Waals surface area contributed by atoms with Crippen molar-refractivity contribution in [2.75, 3.05) is 0 Å². The first-order chi connectivity index (χ1) is 7.74. The van der Waals surface area contributed by atoms with E-state index in [1.807, 2.05) is 17.7 Å². The van der Waals surface area contributed by atoms with Gasteiger partial charge in [0.15, 0.2) is 5.82 Å². The fourth-order valence-electron chi connectivity index (χ4n) is 1.66. The van der Waals surface area contributed by atoms with Gasteiger partial charge in [0.1, 0.15) is 5.82 Å². The zero-order chi connectivity index (χ0) is 11.5. The molecule has 84 valence electrons. The zero-order valence-corrected chi connectivity index (χ0v) is 9.94. The number of hydrogen-bond acceptors (Lipinski definition) is 3. The van der Waals surface area contributed by atoms with Crippen LogP contribution in [-0.4, -0.2) is 19.7 Å². The van der Waals surface area contributed by atoms with E-state index in [0.717, 1.165) is 30.2 Å². The monoisotopic (exact) mass is 216 g/mol. The van der Waals surface area contributed by atoms with Crippen molar-refractivity contribution in [3.05, 3.63) is 35.5 Å². The Kier molecular flexibility index (Phi) is 2.99. The van der Waals surface area contributed by atoms with Gasteiger partial charge < -0.3 is 0 Å². The third-order valence-electron chi connectivity index (χ3n) is 2.54. The Balaban J connectivity index is 2.50. The SMILES string of the molecule is CCc1cc(CC)n(-c2ccnc(C)n2)n1. The topological polar surface area (TPSA) is 43.6 Å². The lowest BCUT2D eigenvalue weighted by Gasteiger charge is -2.04. The summed E-state index contributed by atoms with van der Waals surface area (Å²) in [6.45, 7) is 6.12. The Morgan fingerprint density at radius 2 is 2.06 bits per heavy atom. The summed E-state index contributed by atoms with van der Waals surface area (Å²) < 4.78 is 1.91. The second kappa shape index (κ2) is 4.43. The van der Waals surface area contributed by atoms with Crippen LogP contribution in [0.2, 0.25) is 0 Å². The molecule has 0 N–H and O–H groups in total. The molecule has 0 aliphatic carbocycles. The summed E-state index contributed by atoms with van der Waals surface area (Å²) in [6, 6.07) is 4.02. The summed E-state index contributed by atoms with van der Waals surface area (Å²) >= 11 is 0. The van der Waals surface area contributed by atoms with E-state index < -0.39 is 0 Å². The fraction of sp³-hybridized carbons (Fsp3) is 0.417. The van der Waals surface area contributed by atoms with E-state index in [9.17, 15) is 0 Å². The van der Waals surface area contributed by atoms with Crippen LogP contribution in [0, 0.1) is 6.92 Å². The van der Waals surface area contributed by atoms with Crippen LogP contribution in [0.25, 0.3) is 5.82 Å². The highest BCUT2D eigenvalue weighted by Crippen LogP contribution is 2.11. The molecule has 0 aliphatic rings. The van der Waals surface area contributed by atoms with Crippen molar-refractivity contribution in [1.29, 1.82) is 0 Å². The largest absolute Gasteiger partial charge is 0.242 e. The molecule has 2 aromatic rings. The predicted molar refractivity (Wildman–Crippen MR) is 62.6 cm³/mol. The summed E-state index contributed by atoms with van der Waals surface area (Å²) in [5.74, 6) is 1.62. The van der Waals surface area contributed by atoms with Gasteiger partial charge in [0, 0.05) is 18.0 Å². The van der Waals surface area contributed by atoms with Gasteiger partial charge in [-0.15, -0.1) is 0 Å². The highest BCUT2D eigenvalue weighted by molar-refractivity contribution is 5.25. The molecule has 0 atom stereocenters. The van der Waals surface area contributed by atoms with Gasteiger partial charge in [-0.2, -0.15) is 5.10 Å². The minimum absolute atomic E-state index is 0.771. The number of aryl methyl sites for hydroxylation is 3. The summed E-state index contributed by atoms with van der Waals surface area (Å²) in [7, 11) is 0. The smallest absolute Gasteiger partial charge is 0.157 e. The van der Waals surface area contributed by atoms with Crippen LogP contribution in [0.3, 0.4) is 0 Å². The first kappa shape index (κ1) is 10.8. The third kappa shape index (κ3) is 1.96. The second-order valence-corrected chi connectivity index (χ2v) is 3.71. The molecule has 0 amide bonds. The van der Waals surface area contributed by atoms with Crippen LogP contribution in [0.15, 0.2) is 18.3 Å². The minimum atomic E-state index is 0.771. The minimum Gasteiger partial charge on any atom is -0.242 e. The van der Waals surface area contributed by atoms with Gasteiger partial charge in [0.05, 0.1) is 5.69 Å². The molecule has 2 heterocycles. The molecule has 0 unspecified atom stereocenters. The molecular formula is C12H16N4. The predicted octanol–water partition coefficient (Wildman–Crippen LogP) is 2.10. The number of nitrogens with zero attached hydrogens (tertiary/aromatic N) is 4. The second-order valence-electron chi connectivity index (χ2n) is 3.71. The molecule has 0 fully saturated rings. The van der Waals surface area contributed by atoms with Crippen molar-refractivity contribution in [2.45, 2.75) is 33.6 Å². The molecule has 0 saturated heterocycles. The van der Waals surface area contributed by atoms with Gasteiger partial charge in [-0.3, -0.25) is 0 Å². The van der Waals surface area contributed by atoms with Crippen LogP contribution in [0.4, 0.5) is 0 Å². The Labute approximate surface area is 95.4 Å². The average molecular weight is 216 g/mol. The Morgan fingerprint density at radius 1 is 1.25 bits per heavy atom. The quantitative estimate of drug-likeness (QED) is 0.789. The van der Waals surface area contributed by atoms with Crippen molar-refractivity contribution in [3.8, 4) is 5.82 Å². The summed E-state index contributed by atoms with van der Waals surface area (Å²) in [5, 5.41) is 4.54. The Morgan fingerprint density at radius 3 is 2.69 bits per heavy atom. The highest BCUT2D eigenvalue weighted by Gasteiger charge is 2.08. The molecule has 4 nitrogen and oxygen atoms in total. The van der Waals surface area contributed by atoms with E-state index in [2.05, 4.69) is 35.0 Å². The third-order valence-corrected chi connectivity index (χ3v) is 2.54. The normalized spacial score (nSPS) is 10.7. The van der Waals surface area contributed by atoms with E-state index >= 15 is 0 Å². The van der Waals surface area contributed by atoms with Gasteiger partial charge in [-0.05, 0) is 25.8 Å². The lowest BCUT2D eigenvalue weighted by Crippen LogP contribution is -2.05. The first-order valence-electron chi connectivity index (χ1n) is 5.62. The molecule has 0 spiro atoms. The maximum atomic E-state index is 4.54. The fourth-order valence-corrected chi connectivity index (χ4v) is 1.66. The van der Waals surface area contributed by atoms with E-state index in [-0.39, 0.29) is 0 Å². The maximum absolute atomic E-state index is 4.54. The molecule has 0 bridgehead atoms. The van der Waals surface area contributed by atoms with Crippen LogP contribution in [0.1, 0.15) is 31.1 Å². The lowest BCUT2D eigenvalue weighted by molar-refractivity contribution is 0.763. The van der Waals surface area contributed by atoms with E-state index in [0.29, 0.717) is 0 Å². The average Bonchev–Trinajstić information content (AvgIpc) is 2.72. The highest BCUT2D eigenvalue weighted by atomic mass is 15.3. The summed E-state index contributed by atoms with van der Waals surface area (Å²) in [5.41, 5.74) is 2.29. The molecule has 0 aliphatic heterocycles. The van der Waals surface area contributed by atoms with Gasteiger partial charge in [0.2, 0.25) is 0 Å². The summed E-state index contributed by atoms with van der Waals surface area (Å²) in [4.78, 5) is 8.48. The molecule has 2 aromatic heterocycles. The first-order valence-corrected chi connectivity index (χ1v) is 5.62. The van der Waals surface area contributed by atoms with E-state index in [1.165, 1.54) is 5.69 Å². The molecule has 0 radical (unpaired) electrons. The molecule has 4 heteroatoms. The van der Waals surface area contributed by atoms with Crippen LogP contribution >= 0.6 is 0 Å². The van der Waals surface area contributed by atoms with Crippen molar-refractivity contribution < 1.29 is 0 Å². The number of aromatic nitrogens is 4. The standard InChI is InChI=1S/C12H16N4/c1-4-10-8-11(5-2)16(15-10)12-6-7-13-9(3)14-12/h6-8H,4-5H2,1-3H3. The number of rotatable bonds is 3. The van der Waals surface area contributed by atoms with Gasteiger partial charge in [-0.25, -0.2) is 14.6 Å². The van der Waals surface area contributed by atoms with Gasteiger partial charge in [-0.1, -0.05) is 13.8 Å². The van der Waals surface area contributed by atoms with Crippen LogP contribution in [0.5, 0.6) is 0 Å². The molecule has 0 aromatic carbocycles. The van der Waals surface area contributed by atoms with Crippen molar-refractivity contribution in [1.82, 2.24) is 19.7 Å². The van der Waals surface area contributed by atoms with E-state index in [1.54, 1.807) is 6.20 Å². The Bertz CT molecular complexity index is 488.